The van der Waals surface area contributed by atoms with E-state index in [9.17, 15) is 0 Å². The second-order valence-corrected chi connectivity index (χ2v) is 3.69. The molecule has 0 aromatic carbocycles. The third-order valence-electron chi connectivity index (χ3n) is 2.55. The molecule has 74 valence electrons. The minimum absolute atomic E-state index is 0.466. The topological polar surface area (TPSA) is 36.9 Å². The summed E-state index contributed by atoms with van der Waals surface area (Å²) < 4.78 is 5.39. The summed E-state index contributed by atoms with van der Waals surface area (Å²) in [5.41, 5.74) is 0. The third-order valence-corrected chi connectivity index (χ3v) is 2.55. The molecule has 13 heavy (non-hydrogen) atoms. The number of aliphatic imine (C=N–C) groups is 1. The van der Waals surface area contributed by atoms with Gasteiger partial charge in [0.1, 0.15) is 0 Å². The van der Waals surface area contributed by atoms with Crippen molar-refractivity contribution in [3.8, 4) is 0 Å². The maximum atomic E-state index is 5.39. The number of likely N-dealkylation sites (N-methyl/N-ethyl adjacent to an activating group) is 1. The van der Waals surface area contributed by atoms with E-state index in [1.54, 1.807) is 0 Å². The zero-order chi connectivity index (χ0) is 9.10. The highest BCUT2D eigenvalue weighted by molar-refractivity contribution is 5.81. The van der Waals surface area contributed by atoms with Gasteiger partial charge in [-0.2, -0.15) is 0 Å². The molecule has 0 amide bonds. The van der Waals surface area contributed by atoms with Gasteiger partial charge in [-0.3, -0.25) is 4.99 Å². The molecule has 1 fully saturated rings. The van der Waals surface area contributed by atoms with E-state index in [1.807, 2.05) is 0 Å². The van der Waals surface area contributed by atoms with Crippen molar-refractivity contribution >= 4 is 5.96 Å². The highest BCUT2D eigenvalue weighted by Gasteiger charge is 2.18. The summed E-state index contributed by atoms with van der Waals surface area (Å²) in [5, 5.41) is 3.42. The van der Waals surface area contributed by atoms with E-state index in [1.165, 1.54) is 6.42 Å². The van der Waals surface area contributed by atoms with Gasteiger partial charge in [-0.25, -0.2) is 0 Å². The molecule has 4 nitrogen and oxygen atoms in total. The summed E-state index contributed by atoms with van der Waals surface area (Å²) in [7, 11) is 2.07. The Labute approximate surface area is 79.0 Å². The first-order chi connectivity index (χ1) is 6.36. The molecular formula is C9H17N3O. The van der Waals surface area contributed by atoms with Gasteiger partial charge in [0.2, 0.25) is 0 Å². The van der Waals surface area contributed by atoms with Crippen molar-refractivity contribution in [1.82, 2.24) is 10.2 Å². The predicted octanol–water partition coefficient (Wildman–Crippen LogP) is 0.0564. The summed E-state index contributed by atoms with van der Waals surface area (Å²) in [6.45, 7) is 3.70. The van der Waals surface area contributed by atoms with Gasteiger partial charge in [0.05, 0.1) is 19.2 Å². The Balaban J connectivity index is 1.82. The van der Waals surface area contributed by atoms with E-state index in [0.29, 0.717) is 6.04 Å². The number of guanidine groups is 1. The van der Waals surface area contributed by atoms with E-state index < -0.39 is 0 Å². The van der Waals surface area contributed by atoms with E-state index in [4.69, 9.17) is 4.74 Å². The molecule has 2 aliphatic heterocycles. The van der Waals surface area contributed by atoms with Crippen molar-refractivity contribution in [3.05, 3.63) is 0 Å². The average molecular weight is 183 g/mol. The Morgan fingerprint density at radius 1 is 1.62 bits per heavy atom. The summed E-state index contributed by atoms with van der Waals surface area (Å²) >= 11 is 0. The monoisotopic (exact) mass is 183 g/mol. The molecule has 2 rings (SSSR count). The van der Waals surface area contributed by atoms with Gasteiger partial charge in [0.15, 0.2) is 5.96 Å². The molecule has 1 atom stereocenters. The van der Waals surface area contributed by atoms with Crippen LogP contribution < -0.4 is 5.32 Å². The van der Waals surface area contributed by atoms with Crippen LogP contribution in [-0.2, 0) is 4.74 Å². The Morgan fingerprint density at radius 3 is 3.15 bits per heavy atom. The van der Waals surface area contributed by atoms with Crippen LogP contribution in [0.15, 0.2) is 4.99 Å². The molecule has 4 heteroatoms. The normalized spacial score (nSPS) is 28.8. The van der Waals surface area contributed by atoms with Crippen LogP contribution >= 0.6 is 0 Å². The molecule has 0 aromatic rings. The largest absolute Gasteiger partial charge is 0.379 e. The standard InChI is InChI=1S/C9H17N3O/c1-12-5-4-10-9(12)11-8-3-2-6-13-7-8/h8H,2-7H2,1H3,(H,10,11). The van der Waals surface area contributed by atoms with Crippen molar-refractivity contribution < 1.29 is 4.74 Å². The summed E-state index contributed by atoms with van der Waals surface area (Å²) in [4.78, 5) is 6.55. The van der Waals surface area contributed by atoms with Gasteiger partial charge in [-0.1, -0.05) is 0 Å². The lowest BCUT2D eigenvalue weighted by atomic mass is 10.1. The maximum absolute atomic E-state index is 5.39. The molecule has 1 N–H and O–H groups in total. The fraction of sp³-hybridized carbons (Fsp3) is 0.889. The lowest BCUT2D eigenvalue weighted by Crippen LogP contribution is -2.45. The number of nitrogens with zero attached hydrogens (tertiary/aromatic N) is 2. The van der Waals surface area contributed by atoms with Crippen molar-refractivity contribution in [3.63, 3.8) is 0 Å². The number of ether oxygens (including phenoxy) is 1. The molecule has 0 bridgehead atoms. The Hall–Kier alpha value is -0.770. The molecule has 0 aliphatic carbocycles. The molecule has 0 radical (unpaired) electrons. The molecular weight excluding hydrogens is 166 g/mol. The predicted molar refractivity (Wildman–Crippen MR) is 51.9 cm³/mol. The van der Waals surface area contributed by atoms with Crippen LogP contribution in [0.4, 0.5) is 0 Å². The van der Waals surface area contributed by atoms with Crippen molar-refractivity contribution in [2.75, 3.05) is 33.4 Å². The number of nitrogens with one attached hydrogen (secondary N) is 1. The van der Waals surface area contributed by atoms with Crippen LogP contribution in [-0.4, -0.2) is 50.3 Å². The quantitative estimate of drug-likeness (QED) is 0.624. The van der Waals surface area contributed by atoms with Gasteiger partial charge in [0, 0.05) is 20.2 Å². The second-order valence-electron chi connectivity index (χ2n) is 3.69. The lowest BCUT2D eigenvalue weighted by molar-refractivity contribution is 0.0756. The number of rotatable bonds is 1. The number of hydrogen-bond donors (Lipinski definition) is 1. The molecule has 2 aliphatic rings. The van der Waals surface area contributed by atoms with Crippen LogP contribution in [0.1, 0.15) is 12.8 Å². The van der Waals surface area contributed by atoms with E-state index in [2.05, 4.69) is 22.3 Å². The van der Waals surface area contributed by atoms with Crippen LogP contribution in [0.3, 0.4) is 0 Å². The molecule has 0 spiro atoms. The Morgan fingerprint density at radius 2 is 2.54 bits per heavy atom. The zero-order valence-corrected chi connectivity index (χ0v) is 8.12. The average Bonchev–Trinajstić information content (AvgIpc) is 2.54. The SMILES string of the molecule is CN1CCN=C1NC1CCCOC1. The fourth-order valence-corrected chi connectivity index (χ4v) is 1.73. The zero-order valence-electron chi connectivity index (χ0n) is 8.12. The highest BCUT2D eigenvalue weighted by Crippen LogP contribution is 2.07. The second kappa shape index (κ2) is 3.96. The fourth-order valence-electron chi connectivity index (χ4n) is 1.73. The minimum Gasteiger partial charge on any atom is -0.379 e. The number of hydrogen-bond acceptors (Lipinski definition) is 4. The molecule has 1 unspecified atom stereocenters. The van der Waals surface area contributed by atoms with Crippen LogP contribution in [0, 0.1) is 0 Å². The molecule has 2 heterocycles. The van der Waals surface area contributed by atoms with Gasteiger partial charge >= 0.3 is 0 Å². The van der Waals surface area contributed by atoms with Crippen molar-refractivity contribution in [1.29, 1.82) is 0 Å². The molecule has 0 saturated carbocycles. The first-order valence-electron chi connectivity index (χ1n) is 4.96. The lowest BCUT2D eigenvalue weighted by Gasteiger charge is -2.26. The van der Waals surface area contributed by atoms with Crippen LogP contribution in [0.5, 0.6) is 0 Å². The van der Waals surface area contributed by atoms with Gasteiger partial charge < -0.3 is 15.0 Å². The molecule has 1 saturated heterocycles. The van der Waals surface area contributed by atoms with Crippen molar-refractivity contribution in [2.24, 2.45) is 4.99 Å². The van der Waals surface area contributed by atoms with E-state index >= 15 is 0 Å². The summed E-state index contributed by atoms with van der Waals surface area (Å²) in [5.74, 6) is 1.04. The minimum atomic E-state index is 0.466. The molecule has 0 aromatic heterocycles. The van der Waals surface area contributed by atoms with Gasteiger partial charge in [0.25, 0.3) is 0 Å². The first kappa shape index (κ1) is 8.81. The highest BCUT2D eigenvalue weighted by atomic mass is 16.5. The Kier molecular flexibility index (Phi) is 2.68. The summed E-state index contributed by atoms with van der Waals surface area (Å²) in [6, 6.07) is 0.466. The van der Waals surface area contributed by atoms with Gasteiger partial charge in [-0.15, -0.1) is 0 Å². The van der Waals surface area contributed by atoms with Gasteiger partial charge in [-0.05, 0) is 12.8 Å². The third kappa shape index (κ3) is 2.12. The first-order valence-corrected chi connectivity index (χ1v) is 4.96. The van der Waals surface area contributed by atoms with E-state index in [0.717, 1.165) is 38.7 Å². The Bertz CT molecular complexity index is 199. The van der Waals surface area contributed by atoms with Crippen LogP contribution in [0.25, 0.3) is 0 Å². The summed E-state index contributed by atoms with van der Waals surface area (Å²) in [6.07, 6.45) is 2.36. The van der Waals surface area contributed by atoms with E-state index in [-0.39, 0.29) is 0 Å². The van der Waals surface area contributed by atoms with Crippen LogP contribution in [0.2, 0.25) is 0 Å². The van der Waals surface area contributed by atoms with Crippen molar-refractivity contribution in [2.45, 2.75) is 18.9 Å². The smallest absolute Gasteiger partial charge is 0.194 e. The maximum Gasteiger partial charge on any atom is 0.194 e.